The molecule has 0 aliphatic carbocycles. The zero-order valence-electron chi connectivity index (χ0n) is 19.5. The molecule has 6 nitrogen and oxygen atoms in total. The molecular weight excluding hydrogens is 452 g/mol. The van der Waals surface area contributed by atoms with Crippen LogP contribution in [0.5, 0.6) is 11.5 Å². The van der Waals surface area contributed by atoms with Gasteiger partial charge < -0.3 is 19.1 Å². The number of nitrogens with zero attached hydrogens (tertiary/aromatic N) is 2. The van der Waals surface area contributed by atoms with E-state index >= 15 is 0 Å². The molecule has 0 saturated heterocycles. The van der Waals surface area contributed by atoms with Crippen molar-refractivity contribution in [1.29, 1.82) is 0 Å². The highest BCUT2D eigenvalue weighted by Gasteiger charge is 2.35. The van der Waals surface area contributed by atoms with E-state index in [1.54, 1.807) is 18.5 Å². The van der Waals surface area contributed by atoms with Crippen LogP contribution in [0.25, 0.3) is 11.1 Å². The van der Waals surface area contributed by atoms with Crippen molar-refractivity contribution in [3.63, 3.8) is 0 Å². The van der Waals surface area contributed by atoms with Crippen LogP contribution in [0, 0.1) is 0 Å². The highest BCUT2D eigenvalue weighted by atomic mass is 35.5. The topological polar surface area (TPSA) is 60.9 Å². The zero-order valence-corrected chi connectivity index (χ0v) is 20.3. The van der Waals surface area contributed by atoms with Crippen molar-refractivity contribution >= 4 is 17.7 Å². The van der Waals surface area contributed by atoms with Gasteiger partial charge in [0.15, 0.2) is 11.5 Å². The molecule has 1 atom stereocenters. The molecule has 0 bridgehead atoms. The average Bonchev–Trinajstić information content (AvgIpc) is 3.25. The quantitative estimate of drug-likeness (QED) is 0.448. The maximum Gasteiger partial charge on any atom is 0.410 e. The van der Waals surface area contributed by atoms with Gasteiger partial charge >= 0.3 is 6.09 Å². The molecule has 2 aliphatic rings. The van der Waals surface area contributed by atoms with Crippen LogP contribution in [0.2, 0.25) is 5.02 Å². The van der Waals surface area contributed by atoms with Gasteiger partial charge in [-0.2, -0.15) is 0 Å². The number of carbonyl (C=O) groups is 1. The van der Waals surface area contributed by atoms with Gasteiger partial charge in [-0.1, -0.05) is 35.9 Å². The molecule has 1 unspecified atom stereocenters. The summed E-state index contributed by atoms with van der Waals surface area (Å²) < 4.78 is 17.0. The van der Waals surface area contributed by atoms with Crippen molar-refractivity contribution in [2.24, 2.45) is 0 Å². The van der Waals surface area contributed by atoms with Gasteiger partial charge in [-0.05, 0) is 74.1 Å². The maximum atomic E-state index is 13.2. The number of rotatable bonds is 3. The van der Waals surface area contributed by atoms with E-state index in [9.17, 15) is 4.79 Å². The first-order valence-corrected chi connectivity index (χ1v) is 11.8. The number of carbonyl (C=O) groups excluding carboxylic acids is 1. The lowest BCUT2D eigenvalue weighted by Gasteiger charge is -2.38. The summed E-state index contributed by atoms with van der Waals surface area (Å²) in [5.41, 5.74) is 4.67. The molecule has 1 amide bonds. The Kier molecular flexibility index (Phi) is 5.86. The van der Waals surface area contributed by atoms with Crippen LogP contribution in [0.1, 0.15) is 43.5 Å². The normalized spacial score (nSPS) is 16.8. The van der Waals surface area contributed by atoms with Crippen molar-refractivity contribution in [3.05, 3.63) is 76.6 Å². The molecule has 176 valence electrons. The van der Waals surface area contributed by atoms with Gasteiger partial charge in [0.2, 0.25) is 6.79 Å². The van der Waals surface area contributed by atoms with Crippen LogP contribution in [-0.4, -0.2) is 34.9 Å². The van der Waals surface area contributed by atoms with Crippen LogP contribution in [0.3, 0.4) is 0 Å². The smallest absolute Gasteiger partial charge is 0.410 e. The molecule has 3 aromatic rings. The Hall–Kier alpha value is -3.25. The predicted octanol–water partition coefficient (Wildman–Crippen LogP) is 6.21. The first kappa shape index (κ1) is 22.5. The Morgan fingerprint density at radius 3 is 2.59 bits per heavy atom. The molecular formula is C27H27ClN2O4. The van der Waals surface area contributed by atoms with Crippen molar-refractivity contribution in [3.8, 4) is 22.6 Å². The minimum absolute atomic E-state index is 0.180. The minimum atomic E-state index is -0.568. The van der Waals surface area contributed by atoms with Gasteiger partial charge in [0, 0.05) is 24.5 Å². The number of benzene rings is 2. The van der Waals surface area contributed by atoms with Gasteiger partial charge in [-0.25, -0.2) is 4.79 Å². The minimum Gasteiger partial charge on any atom is -0.454 e. The Labute approximate surface area is 204 Å². The van der Waals surface area contributed by atoms with Crippen molar-refractivity contribution in [1.82, 2.24) is 9.88 Å². The summed E-state index contributed by atoms with van der Waals surface area (Å²) in [6.45, 7) is 6.46. The van der Waals surface area contributed by atoms with Gasteiger partial charge in [0.25, 0.3) is 0 Å². The number of hydrogen-bond donors (Lipinski definition) is 0. The maximum absolute atomic E-state index is 13.2. The number of ether oxygens (including phenoxy) is 3. The summed E-state index contributed by atoms with van der Waals surface area (Å²) in [4.78, 5) is 19.2. The predicted molar refractivity (Wildman–Crippen MR) is 130 cm³/mol. The van der Waals surface area contributed by atoms with Gasteiger partial charge in [-0.3, -0.25) is 4.98 Å². The SMILES string of the molecule is CC(C)(C)OC(=O)N1CCc2cc3c(cc2C1Cc1ccc(-c2cnccc2Cl)cc1)OCO3. The van der Waals surface area contributed by atoms with E-state index in [4.69, 9.17) is 25.8 Å². The fraction of sp³-hybridized carbons (Fsp3) is 0.333. The first-order valence-electron chi connectivity index (χ1n) is 11.4. The fourth-order valence-corrected chi connectivity index (χ4v) is 4.70. The van der Waals surface area contributed by atoms with Gasteiger partial charge in [0.05, 0.1) is 11.1 Å². The summed E-state index contributed by atoms with van der Waals surface area (Å²) in [6.07, 6.45) is 4.52. The Morgan fingerprint density at radius 2 is 1.88 bits per heavy atom. The van der Waals surface area contributed by atoms with E-state index in [2.05, 4.69) is 17.1 Å². The highest BCUT2D eigenvalue weighted by Crippen LogP contribution is 2.42. The van der Waals surface area contributed by atoms with Crippen molar-refractivity contribution in [2.75, 3.05) is 13.3 Å². The lowest BCUT2D eigenvalue weighted by Crippen LogP contribution is -2.43. The van der Waals surface area contributed by atoms with E-state index in [1.165, 1.54) is 5.56 Å². The van der Waals surface area contributed by atoms with Crippen molar-refractivity contribution in [2.45, 2.75) is 45.3 Å². The number of hydrogen-bond acceptors (Lipinski definition) is 5. The number of fused-ring (bicyclic) bond motifs is 2. The van der Waals surface area contributed by atoms with E-state index in [0.29, 0.717) is 18.0 Å². The molecule has 2 aromatic carbocycles. The summed E-state index contributed by atoms with van der Waals surface area (Å²) >= 11 is 6.34. The number of amides is 1. The molecule has 34 heavy (non-hydrogen) atoms. The summed E-state index contributed by atoms with van der Waals surface area (Å²) in [5.74, 6) is 1.48. The Morgan fingerprint density at radius 1 is 1.15 bits per heavy atom. The van der Waals surface area contributed by atoms with E-state index in [1.807, 2.05) is 49.9 Å². The summed E-state index contributed by atoms with van der Waals surface area (Å²) in [7, 11) is 0. The molecule has 1 aromatic heterocycles. The molecule has 0 fully saturated rings. The van der Waals surface area contributed by atoms with Gasteiger partial charge in [0.1, 0.15) is 5.60 Å². The van der Waals surface area contributed by atoms with Crippen molar-refractivity contribution < 1.29 is 19.0 Å². The van der Waals surface area contributed by atoms with Crippen LogP contribution in [0.15, 0.2) is 54.9 Å². The zero-order chi connectivity index (χ0) is 23.9. The molecule has 0 radical (unpaired) electrons. The first-order chi connectivity index (χ1) is 16.3. The van der Waals surface area contributed by atoms with Crippen LogP contribution < -0.4 is 9.47 Å². The summed E-state index contributed by atoms with van der Waals surface area (Å²) in [5, 5.41) is 0.663. The molecule has 2 aliphatic heterocycles. The fourth-order valence-electron chi connectivity index (χ4n) is 4.48. The largest absolute Gasteiger partial charge is 0.454 e. The van der Waals surface area contributed by atoms with E-state index in [0.717, 1.165) is 40.2 Å². The second-order valence-corrected chi connectivity index (χ2v) is 10.0. The Bertz CT molecular complexity index is 1220. The van der Waals surface area contributed by atoms with E-state index < -0.39 is 5.60 Å². The number of aromatic nitrogens is 1. The monoisotopic (exact) mass is 478 g/mol. The molecule has 5 rings (SSSR count). The van der Waals surface area contributed by atoms with Crippen LogP contribution >= 0.6 is 11.6 Å². The second kappa shape index (κ2) is 8.84. The third-order valence-corrected chi connectivity index (χ3v) is 6.41. The number of pyridine rings is 1. The molecule has 0 spiro atoms. The average molecular weight is 479 g/mol. The van der Waals surface area contributed by atoms with Gasteiger partial charge in [-0.15, -0.1) is 0 Å². The van der Waals surface area contributed by atoms with Crippen LogP contribution in [0.4, 0.5) is 4.79 Å². The molecule has 0 saturated carbocycles. The third kappa shape index (κ3) is 4.55. The van der Waals surface area contributed by atoms with E-state index in [-0.39, 0.29) is 18.9 Å². The number of halogens is 1. The Balaban J connectivity index is 1.47. The summed E-state index contributed by atoms with van der Waals surface area (Å²) in [6, 6.07) is 13.9. The molecule has 0 N–H and O–H groups in total. The molecule has 7 heteroatoms. The van der Waals surface area contributed by atoms with Crippen LogP contribution in [-0.2, 0) is 17.6 Å². The second-order valence-electron chi connectivity index (χ2n) is 9.60. The standard InChI is InChI=1S/C27H27ClN2O4/c1-27(2,3)34-26(31)30-11-9-19-13-24-25(33-16-32-24)14-20(19)23(30)12-17-4-6-18(7-5-17)21-15-29-10-8-22(21)28/h4-8,10,13-15,23H,9,11-12,16H2,1-3H3. The molecule has 3 heterocycles. The highest BCUT2D eigenvalue weighted by molar-refractivity contribution is 6.33. The lowest BCUT2D eigenvalue weighted by molar-refractivity contribution is 0.0141. The third-order valence-electron chi connectivity index (χ3n) is 6.08. The lowest BCUT2D eigenvalue weighted by atomic mass is 9.88.